The molecule has 3 fully saturated rings. The summed E-state index contributed by atoms with van der Waals surface area (Å²) in [5.41, 5.74) is -1.54. The number of nitrogens with zero attached hydrogens (tertiary/aromatic N) is 2. The molecular formula is C36H45FN4O8S. The van der Waals surface area contributed by atoms with Crippen molar-refractivity contribution in [1.82, 2.24) is 19.9 Å². The van der Waals surface area contributed by atoms with Gasteiger partial charge < -0.3 is 24.4 Å². The Morgan fingerprint density at radius 3 is 2.72 bits per heavy atom. The van der Waals surface area contributed by atoms with Gasteiger partial charge in [0.25, 0.3) is 5.91 Å². The molecule has 2 N–H and O–H groups in total. The third-order valence-electron chi connectivity index (χ3n) is 11.2. The number of alkyl halides is 1. The van der Waals surface area contributed by atoms with Crippen LogP contribution in [0.3, 0.4) is 0 Å². The Bertz CT molecular complexity index is 1820. The number of hydrogen-bond donors (Lipinski definition) is 2. The van der Waals surface area contributed by atoms with Gasteiger partial charge in [-0.25, -0.2) is 17.8 Å². The van der Waals surface area contributed by atoms with E-state index in [0.29, 0.717) is 41.9 Å². The second-order valence-electron chi connectivity index (χ2n) is 14.7. The standard InChI is InChI=1S/C36H45FN4O8S/c1-3-23-16-22(2)6-4-5-7-24-19-36(24,34(44)40-50(45,46)35(21-37)11-12-35)39-32(43)28-18-25(20-41(28)30(42)17-23)49-33-27-8-9-29-31(48-15-14-47-29)26(27)10-13-38-33/h5,7-10,13,22-25,28H,3-4,6,11-12,14-21H2,1-2H3,(H,39,43)(H,40,44)/b7-5-/t22-,23-,24-,25-,28+,36-/m1/s1. The Morgan fingerprint density at radius 2 is 1.96 bits per heavy atom. The molecule has 0 bridgehead atoms. The summed E-state index contributed by atoms with van der Waals surface area (Å²) in [6.07, 6.45) is 8.99. The van der Waals surface area contributed by atoms with Crippen LogP contribution in [0.1, 0.15) is 71.6 Å². The number of carbonyl (C=O) groups excluding carboxylic acids is 3. The molecule has 5 aliphatic rings. The van der Waals surface area contributed by atoms with Crippen molar-refractivity contribution in [3.63, 3.8) is 0 Å². The van der Waals surface area contributed by atoms with Gasteiger partial charge in [0.1, 0.15) is 42.3 Å². The van der Waals surface area contributed by atoms with Crippen molar-refractivity contribution in [1.29, 1.82) is 0 Å². The van der Waals surface area contributed by atoms with Crippen LogP contribution in [0.4, 0.5) is 4.39 Å². The Morgan fingerprint density at radius 1 is 1.16 bits per heavy atom. The van der Waals surface area contributed by atoms with Crippen molar-refractivity contribution in [3.8, 4) is 17.4 Å². The van der Waals surface area contributed by atoms with Crippen LogP contribution in [0.2, 0.25) is 0 Å². The first-order chi connectivity index (χ1) is 24.0. The summed E-state index contributed by atoms with van der Waals surface area (Å²) < 4.78 is 58.4. The molecule has 1 aromatic heterocycles. The number of nitrogens with one attached hydrogen (secondary N) is 2. The van der Waals surface area contributed by atoms with Crippen molar-refractivity contribution in [3.05, 3.63) is 36.5 Å². The molecule has 270 valence electrons. The Balaban J connectivity index is 1.17. The number of sulfonamides is 1. The second-order valence-corrected chi connectivity index (χ2v) is 16.8. The zero-order valence-corrected chi connectivity index (χ0v) is 29.3. The molecule has 3 aliphatic heterocycles. The van der Waals surface area contributed by atoms with Crippen LogP contribution in [0.5, 0.6) is 17.4 Å². The number of pyridine rings is 1. The van der Waals surface area contributed by atoms with E-state index >= 15 is 0 Å². The van der Waals surface area contributed by atoms with Crippen LogP contribution in [-0.4, -0.2) is 84.9 Å². The fraction of sp³-hybridized carbons (Fsp3) is 0.611. The number of hydrogen-bond acceptors (Lipinski definition) is 9. The lowest BCUT2D eigenvalue weighted by molar-refractivity contribution is -0.140. The number of aromatic nitrogens is 1. The molecule has 3 amide bonds. The van der Waals surface area contributed by atoms with Crippen LogP contribution in [0, 0.1) is 17.8 Å². The molecule has 0 radical (unpaired) electrons. The summed E-state index contributed by atoms with van der Waals surface area (Å²) in [6.45, 7) is 4.13. The fourth-order valence-corrected chi connectivity index (χ4v) is 9.13. The summed E-state index contributed by atoms with van der Waals surface area (Å²) >= 11 is 0. The van der Waals surface area contributed by atoms with E-state index in [2.05, 4.69) is 28.9 Å². The van der Waals surface area contributed by atoms with E-state index in [4.69, 9.17) is 14.2 Å². The maximum atomic E-state index is 14.2. The molecule has 0 spiro atoms. The average Bonchev–Trinajstić information content (AvgIpc) is 4.01. The SMILES string of the molecule is CC[C@H]1CC(=O)N2C[C@H](Oc3nccc4c5c(ccc34)OCCO5)C[C@H]2C(=O)N[C@]2(C(=O)NS(=O)(=O)C3(CF)CC3)C[C@H]2/C=C\CC[C@@H](C)C1. The van der Waals surface area contributed by atoms with Crippen LogP contribution in [0.15, 0.2) is 36.5 Å². The molecule has 6 atom stereocenters. The topological polar surface area (TPSA) is 153 Å². The van der Waals surface area contributed by atoms with Gasteiger partial charge in [-0.15, -0.1) is 0 Å². The Hall–Kier alpha value is -3.94. The van der Waals surface area contributed by atoms with Crippen molar-refractivity contribution in [2.24, 2.45) is 17.8 Å². The third kappa shape index (κ3) is 6.39. The zero-order chi connectivity index (χ0) is 35.3. The lowest BCUT2D eigenvalue weighted by Crippen LogP contribution is -2.57. The van der Waals surface area contributed by atoms with E-state index in [1.165, 1.54) is 4.90 Å². The lowest BCUT2D eigenvalue weighted by atomic mass is 9.88. The maximum absolute atomic E-state index is 14.2. The molecule has 4 heterocycles. The smallest absolute Gasteiger partial charge is 0.259 e. The van der Waals surface area contributed by atoms with Crippen molar-refractivity contribution >= 4 is 38.5 Å². The van der Waals surface area contributed by atoms with Crippen LogP contribution >= 0.6 is 0 Å². The Kier molecular flexibility index (Phi) is 9.19. The minimum absolute atomic E-state index is 0.126. The highest BCUT2D eigenvalue weighted by Crippen LogP contribution is 2.48. The van der Waals surface area contributed by atoms with Gasteiger partial charge in [-0.05, 0) is 68.6 Å². The highest BCUT2D eigenvalue weighted by atomic mass is 32.2. The van der Waals surface area contributed by atoms with Gasteiger partial charge in [-0.1, -0.05) is 32.4 Å². The molecule has 2 saturated carbocycles. The summed E-state index contributed by atoms with van der Waals surface area (Å²) in [7, 11) is -4.31. The van der Waals surface area contributed by atoms with E-state index in [1.807, 2.05) is 24.3 Å². The molecule has 2 aromatic rings. The van der Waals surface area contributed by atoms with Gasteiger partial charge in [-0.2, -0.15) is 0 Å². The highest BCUT2D eigenvalue weighted by molar-refractivity contribution is 7.91. The van der Waals surface area contributed by atoms with E-state index < -0.39 is 56.9 Å². The van der Waals surface area contributed by atoms with E-state index in [-0.39, 0.29) is 50.5 Å². The second kappa shape index (κ2) is 13.3. The zero-order valence-electron chi connectivity index (χ0n) is 28.5. The predicted molar refractivity (Wildman–Crippen MR) is 182 cm³/mol. The maximum Gasteiger partial charge on any atom is 0.259 e. The minimum Gasteiger partial charge on any atom is -0.486 e. The first-order valence-electron chi connectivity index (χ1n) is 17.7. The van der Waals surface area contributed by atoms with Gasteiger partial charge >= 0.3 is 0 Å². The van der Waals surface area contributed by atoms with Gasteiger partial charge in [0.05, 0.1) is 6.54 Å². The summed E-state index contributed by atoms with van der Waals surface area (Å²) in [4.78, 5) is 48.0. The minimum atomic E-state index is -4.31. The normalized spacial score (nSPS) is 31.3. The summed E-state index contributed by atoms with van der Waals surface area (Å²) in [5, 5.41) is 4.33. The fourth-order valence-electron chi connectivity index (χ4n) is 7.70. The van der Waals surface area contributed by atoms with Gasteiger partial charge in [0, 0.05) is 35.7 Å². The predicted octanol–water partition coefficient (Wildman–Crippen LogP) is 3.97. The molecule has 50 heavy (non-hydrogen) atoms. The summed E-state index contributed by atoms with van der Waals surface area (Å²) in [5.74, 6) is -0.0546. The van der Waals surface area contributed by atoms with Crippen LogP contribution in [0.25, 0.3) is 10.8 Å². The third-order valence-corrected chi connectivity index (χ3v) is 13.3. The number of amides is 3. The summed E-state index contributed by atoms with van der Waals surface area (Å²) in [6, 6.07) is 4.49. The van der Waals surface area contributed by atoms with E-state index in [1.54, 1.807) is 12.3 Å². The highest BCUT2D eigenvalue weighted by Gasteiger charge is 2.64. The number of allylic oxidation sites excluding steroid dienone is 1. The molecule has 12 nitrogen and oxygen atoms in total. The molecule has 14 heteroatoms. The van der Waals surface area contributed by atoms with Gasteiger partial charge in [-0.3, -0.25) is 19.1 Å². The largest absolute Gasteiger partial charge is 0.486 e. The number of halogens is 1. The number of rotatable bonds is 7. The van der Waals surface area contributed by atoms with Crippen LogP contribution < -0.4 is 24.2 Å². The average molecular weight is 713 g/mol. The van der Waals surface area contributed by atoms with Crippen molar-refractivity contribution in [2.45, 2.75) is 94.1 Å². The number of benzene rings is 1. The van der Waals surface area contributed by atoms with E-state index in [9.17, 15) is 27.2 Å². The molecule has 7 rings (SSSR count). The molecule has 0 unspecified atom stereocenters. The van der Waals surface area contributed by atoms with E-state index in [0.717, 1.165) is 31.1 Å². The number of carbonyl (C=O) groups is 3. The van der Waals surface area contributed by atoms with Crippen molar-refractivity contribution in [2.75, 3.05) is 26.4 Å². The molecular weight excluding hydrogens is 667 g/mol. The molecule has 2 aliphatic carbocycles. The lowest BCUT2D eigenvalue weighted by Gasteiger charge is -2.28. The number of ether oxygens (including phenoxy) is 3. The number of fused-ring (bicyclic) bond motifs is 5. The Labute approximate surface area is 291 Å². The molecule has 1 saturated heterocycles. The monoisotopic (exact) mass is 712 g/mol. The first-order valence-corrected chi connectivity index (χ1v) is 19.2. The molecule has 1 aromatic carbocycles. The quantitative estimate of drug-likeness (QED) is 0.406. The van der Waals surface area contributed by atoms with Crippen LogP contribution in [-0.2, 0) is 24.4 Å². The van der Waals surface area contributed by atoms with Crippen molar-refractivity contribution < 1.29 is 41.4 Å². The van der Waals surface area contributed by atoms with Gasteiger partial charge in [0.2, 0.25) is 27.7 Å². The van der Waals surface area contributed by atoms with Gasteiger partial charge in [0.15, 0.2) is 11.5 Å². The first kappa shape index (κ1) is 34.5.